The van der Waals surface area contributed by atoms with Gasteiger partial charge in [0.1, 0.15) is 17.5 Å². The Bertz CT molecular complexity index is 395. The summed E-state index contributed by atoms with van der Waals surface area (Å²) in [4.78, 5) is 11.0. The first kappa shape index (κ1) is 14.7. The van der Waals surface area contributed by atoms with Crippen LogP contribution in [0.15, 0.2) is 6.07 Å². The summed E-state index contributed by atoms with van der Waals surface area (Å²) in [5.74, 6) is 2.50. The number of nitrogens with two attached hydrogens (primary N) is 1. The second kappa shape index (κ2) is 5.52. The highest BCUT2D eigenvalue weighted by atomic mass is 15.2. The molecule has 0 radical (unpaired) electrons. The van der Waals surface area contributed by atoms with Crippen LogP contribution in [0.4, 0.5) is 11.6 Å². The highest BCUT2D eigenvalue weighted by molar-refractivity contribution is 5.50. The van der Waals surface area contributed by atoms with E-state index in [9.17, 15) is 0 Å². The monoisotopic (exact) mass is 251 g/mol. The van der Waals surface area contributed by atoms with E-state index in [4.69, 9.17) is 5.73 Å². The van der Waals surface area contributed by atoms with Gasteiger partial charge in [-0.05, 0) is 34.6 Å². The molecular formula is C13H25N5. The minimum absolute atomic E-state index is 0.0270. The minimum Gasteiger partial charge on any atom is -0.368 e. The molecule has 1 rings (SSSR count). The number of hydrogen-bond acceptors (Lipinski definition) is 5. The van der Waals surface area contributed by atoms with E-state index in [0.717, 1.165) is 17.5 Å². The average molecular weight is 251 g/mol. The quantitative estimate of drug-likeness (QED) is 0.854. The summed E-state index contributed by atoms with van der Waals surface area (Å²) in [7, 11) is 2.04. The van der Waals surface area contributed by atoms with E-state index in [1.807, 2.05) is 27.0 Å². The number of aryl methyl sites for hydroxylation is 1. The molecule has 0 aromatic carbocycles. The van der Waals surface area contributed by atoms with Crippen molar-refractivity contribution in [3.8, 4) is 0 Å². The van der Waals surface area contributed by atoms with Gasteiger partial charge in [0, 0.05) is 31.2 Å². The molecule has 102 valence electrons. The van der Waals surface area contributed by atoms with Gasteiger partial charge in [-0.1, -0.05) is 0 Å². The van der Waals surface area contributed by atoms with Crippen molar-refractivity contribution in [1.29, 1.82) is 0 Å². The normalized spacial score (nSPS) is 13.3. The van der Waals surface area contributed by atoms with Crippen LogP contribution < -0.4 is 16.0 Å². The first-order valence-electron chi connectivity index (χ1n) is 6.29. The van der Waals surface area contributed by atoms with Gasteiger partial charge in [0.15, 0.2) is 0 Å². The molecule has 5 nitrogen and oxygen atoms in total. The van der Waals surface area contributed by atoms with E-state index in [2.05, 4.69) is 41.0 Å². The lowest BCUT2D eigenvalue weighted by Gasteiger charge is -2.33. The number of nitrogens with one attached hydrogen (secondary N) is 1. The van der Waals surface area contributed by atoms with Crippen LogP contribution in [0.25, 0.3) is 0 Å². The van der Waals surface area contributed by atoms with Gasteiger partial charge in [-0.25, -0.2) is 9.97 Å². The summed E-state index contributed by atoms with van der Waals surface area (Å²) in [5, 5.41) is 3.23. The summed E-state index contributed by atoms with van der Waals surface area (Å²) < 4.78 is 0. The fourth-order valence-corrected chi connectivity index (χ4v) is 1.42. The van der Waals surface area contributed by atoms with Crippen molar-refractivity contribution in [1.82, 2.24) is 9.97 Å². The summed E-state index contributed by atoms with van der Waals surface area (Å²) in [5.41, 5.74) is 5.76. The molecule has 1 aromatic heterocycles. The Kier molecular flexibility index (Phi) is 4.51. The van der Waals surface area contributed by atoms with Gasteiger partial charge in [0.25, 0.3) is 0 Å². The van der Waals surface area contributed by atoms with E-state index in [1.165, 1.54) is 0 Å². The molecule has 0 spiro atoms. The van der Waals surface area contributed by atoms with Crippen molar-refractivity contribution < 1.29 is 0 Å². The molecule has 0 fully saturated rings. The molecule has 0 bridgehead atoms. The van der Waals surface area contributed by atoms with Gasteiger partial charge in [0.05, 0.1) is 0 Å². The largest absolute Gasteiger partial charge is 0.368 e. The molecule has 3 N–H and O–H groups in total. The zero-order valence-electron chi connectivity index (χ0n) is 12.3. The zero-order valence-corrected chi connectivity index (χ0v) is 12.3. The van der Waals surface area contributed by atoms with Crippen LogP contribution in [0.2, 0.25) is 0 Å². The van der Waals surface area contributed by atoms with E-state index in [1.54, 1.807) is 0 Å². The summed E-state index contributed by atoms with van der Waals surface area (Å²) in [6.45, 7) is 11.0. The third kappa shape index (κ3) is 4.14. The van der Waals surface area contributed by atoms with Crippen molar-refractivity contribution >= 4 is 11.6 Å². The Morgan fingerprint density at radius 3 is 2.50 bits per heavy atom. The van der Waals surface area contributed by atoms with Crippen molar-refractivity contribution in [2.45, 2.75) is 46.2 Å². The second-order valence-corrected chi connectivity index (χ2v) is 5.75. The van der Waals surface area contributed by atoms with Crippen LogP contribution in [-0.4, -0.2) is 35.1 Å². The molecule has 5 heteroatoms. The van der Waals surface area contributed by atoms with E-state index in [-0.39, 0.29) is 11.6 Å². The lowest BCUT2D eigenvalue weighted by atomic mass is 10.1. The lowest BCUT2D eigenvalue weighted by Crippen LogP contribution is -2.38. The molecule has 1 unspecified atom stereocenters. The maximum atomic E-state index is 5.73. The standard InChI is InChI=1S/C13H25N5/c1-9(14)8-15-11-7-12(17-10(2)16-11)18(6)13(3,4)5/h7,9H,8,14H2,1-6H3,(H,15,16,17). The molecule has 1 heterocycles. The Hall–Kier alpha value is -1.36. The highest BCUT2D eigenvalue weighted by Gasteiger charge is 2.19. The maximum absolute atomic E-state index is 5.73. The van der Waals surface area contributed by atoms with Crippen molar-refractivity contribution in [3.05, 3.63) is 11.9 Å². The molecule has 1 atom stereocenters. The number of nitrogens with zero attached hydrogens (tertiary/aromatic N) is 3. The van der Waals surface area contributed by atoms with Crippen molar-refractivity contribution in [2.24, 2.45) is 5.73 Å². The number of anilines is 2. The van der Waals surface area contributed by atoms with Crippen molar-refractivity contribution in [2.75, 3.05) is 23.8 Å². The summed E-state index contributed by atoms with van der Waals surface area (Å²) in [6.07, 6.45) is 0. The van der Waals surface area contributed by atoms with Gasteiger partial charge < -0.3 is 16.0 Å². The van der Waals surface area contributed by atoms with Crippen LogP contribution in [0.1, 0.15) is 33.5 Å². The average Bonchev–Trinajstić information content (AvgIpc) is 2.23. The smallest absolute Gasteiger partial charge is 0.134 e. The predicted molar refractivity (Wildman–Crippen MR) is 77.1 cm³/mol. The minimum atomic E-state index is 0.0270. The van der Waals surface area contributed by atoms with Crippen LogP contribution in [0, 0.1) is 6.92 Å². The Labute approximate surface area is 110 Å². The molecule has 0 aliphatic heterocycles. The molecule has 1 aromatic rings. The topological polar surface area (TPSA) is 67.1 Å². The van der Waals surface area contributed by atoms with Crippen LogP contribution in [0.3, 0.4) is 0 Å². The fraction of sp³-hybridized carbons (Fsp3) is 0.692. The van der Waals surface area contributed by atoms with Gasteiger partial charge in [-0.2, -0.15) is 0 Å². The molecule has 18 heavy (non-hydrogen) atoms. The molecular weight excluding hydrogens is 226 g/mol. The SMILES string of the molecule is Cc1nc(NCC(C)N)cc(N(C)C(C)(C)C)n1. The second-order valence-electron chi connectivity index (χ2n) is 5.75. The summed E-state index contributed by atoms with van der Waals surface area (Å²) >= 11 is 0. The van der Waals surface area contributed by atoms with Gasteiger partial charge in [0.2, 0.25) is 0 Å². The van der Waals surface area contributed by atoms with Crippen LogP contribution in [-0.2, 0) is 0 Å². The molecule has 0 aliphatic rings. The number of rotatable bonds is 4. The molecule has 0 aliphatic carbocycles. The Morgan fingerprint density at radius 2 is 2.00 bits per heavy atom. The van der Waals surface area contributed by atoms with Gasteiger partial charge >= 0.3 is 0 Å². The Morgan fingerprint density at radius 1 is 1.39 bits per heavy atom. The zero-order chi connectivity index (χ0) is 13.9. The van der Waals surface area contributed by atoms with Gasteiger partial charge in [-0.3, -0.25) is 0 Å². The first-order valence-corrected chi connectivity index (χ1v) is 6.29. The van der Waals surface area contributed by atoms with E-state index >= 15 is 0 Å². The molecule has 0 amide bonds. The van der Waals surface area contributed by atoms with Gasteiger partial charge in [-0.15, -0.1) is 0 Å². The van der Waals surface area contributed by atoms with Crippen LogP contribution >= 0.6 is 0 Å². The highest BCUT2D eigenvalue weighted by Crippen LogP contribution is 2.21. The number of aromatic nitrogens is 2. The fourth-order valence-electron chi connectivity index (χ4n) is 1.42. The molecule has 0 saturated carbocycles. The number of hydrogen-bond donors (Lipinski definition) is 2. The van der Waals surface area contributed by atoms with Crippen LogP contribution in [0.5, 0.6) is 0 Å². The van der Waals surface area contributed by atoms with Crippen molar-refractivity contribution in [3.63, 3.8) is 0 Å². The maximum Gasteiger partial charge on any atom is 0.134 e. The third-order valence-corrected chi connectivity index (χ3v) is 2.78. The first-order chi connectivity index (χ1) is 8.20. The lowest BCUT2D eigenvalue weighted by molar-refractivity contribution is 0.533. The Balaban J connectivity index is 2.94. The van der Waals surface area contributed by atoms with E-state index < -0.39 is 0 Å². The molecule has 0 saturated heterocycles. The predicted octanol–water partition coefficient (Wildman–Crippen LogP) is 1.78. The third-order valence-electron chi connectivity index (χ3n) is 2.78. The van der Waals surface area contributed by atoms with E-state index in [0.29, 0.717) is 6.54 Å². The summed E-state index contributed by atoms with van der Waals surface area (Å²) in [6, 6.07) is 2.06.